The van der Waals surface area contributed by atoms with Gasteiger partial charge in [0, 0.05) is 18.9 Å². The minimum absolute atomic E-state index is 0.706. The van der Waals surface area contributed by atoms with Crippen LogP contribution in [0.25, 0.3) is 22.4 Å². The molecule has 2 heterocycles. The molecule has 5 rings (SSSR count). The van der Waals surface area contributed by atoms with E-state index in [4.69, 9.17) is 0 Å². The molecule has 0 atom stereocenters. The number of nitrogens with zero attached hydrogens (tertiary/aromatic N) is 4. The Bertz CT molecular complexity index is 1220. The molecule has 0 aliphatic rings. The van der Waals surface area contributed by atoms with Crippen molar-refractivity contribution in [3.63, 3.8) is 0 Å². The molecular formula is C23H19N5. The largest absolute Gasteiger partial charge is 0.379 e. The van der Waals surface area contributed by atoms with E-state index in [9.17, 15) is 0 Å². The smallest absolute Gasteiger partial charge is 0.100 e. The predicted octanol–water partition coefficient (Wildman–Crippen LogP) is 4.82. The second-order valence-corrected chi connectivity index (χ2v) is 6.57. The van der Waals surface area contributed by atoms with Gasteiger partial charge in [-0.05, 0) is 35.9 Å². The van der Waals surface area contributed by atoms with Gasteiger partial charge in [-0.3, -0.25) is 4.57 Å². The third kappa shape index (κ3) is 2.93. The number of hydrogen-bond acceptors (Lipinski definition) is 3. The normalized spacial score (nSPS) is 11.0. The van der Waals surface area contributed by atoms with Crippen LogP contribution in [0.4, 0.5) is 5.69 Å². The Hall–Kier alpha value is -3.86. The van der Waals surface area contributed by atoms with E-state index in [-0.39, 0.29) is 0 Å². The third-order valence-electron chi connectivity index (χ3n) is 4.86. The van der Waals surface area contributed by atoms with Crippen LogP contribution < -0.4 is 5.32 Å². The number of hydrogen-bond donors (Lipinski definition) is 1. The summed E-state index contributed by atoms with van der Waals surface area (Å²) >= 11 is 0. The number of rotatable bonds is 5. The summed E-state index contributed by atoms with van der Waals surface area (Å²) in [6, 6.07) is 24.8. The molecule has 5 heteroatoms. The highest BCUT2D eigenvalue weighted by atomic mass is 15.1. The van der Waals surface area contributed by atoms with Crippen LogP contribution in [0.5, 0.6) is 0 Å². The van der Waals surface area contributed by atoms with Crippen molar-refractivity contribution in [2.45, 2.75) is 6.54 Å². The Labute approximate surface area is 162 Å². The molecule has 5 nitrogen and oxygen atoms in total. The summed E-state index contributed by atoms with van der Waals surface area (Å²) in [6.45, 7) is 0.706. The van der Waals surface area contributed by atoms with Crippen LogP contribution >= 0.6 is 0 Å². The van der Waals surface area contributed by atoms with Crippen molar-refractivity contribution in [3.05, 3.63) is 103 Å². The topological polar surface area (TPSA) is 47.7 Å². The van der Waals surface area contributed by atoms with Crippen LogP contribution in [-0.4, -0.2) is 19.1 Å². The standard InChI is InChI=1S/C23H19N5/c1-4-10-21(27-14-13-24-16-27)18(7-1)15-25-19-8-2-5-11-22(19)28-17-26-20-9-3-6-12-23(20)28/h1-14,16-17,25H,15H2. The van der Waals surface area contributed by atoms with Gasteiger partial charge in [-0.2, -0.15) is 0 Å². The summed E-state index contributed by atoms with van der Waals surface area (Å²) in [5.74, 6) is 0. The summed E-state index contributed by atoms with van der Waals surface area (Å²) < 4.78 is 4.16. The third-order valence-corrected chi connectivity index (χ3v) is 4.86. The van der Waals surface area contributed by atoms with E-state index in [1.54, 1.807) is 6.20 Å². The van der Waals surface area contributed by atoms with Crippen molar-refractivity contribution in [2.24, 2.45) is 0 Å². The summed E-state index contributed by atoms with van der Waals surface area (Å²) in [5.41, 5.74) is 6.55. The van der Waals surface area contributed by atoms with Gasteiger partial charge in [-0.25, -0.2) is 9.97 Å². The molecular weight excluding hydrogens is 346 g/mol. The zero-order chi connectivity index (χ0) is 18.8. The molecule has 136 valence electrons. The second-order valence-electron chi connectivity index (χ2n) is 6.57. The van der Waals surface area contributed by atoms with Crippen molar-refractivity contribution in [3.8, 4) is 11.4 Å². The van der Waals surface area contributed by atoms with Gasteiger partial charge in [-0.1, -0.05) is 42.5 Å². The minimum Gasteiger partial charge on any atom is -0.379 e. The van der Waals surface area contributed by atoms with Gasteiger partial charge in [0.2, 0.25) is 0 Å². The summed E-state index contributed by atoms with van der Waals surface area (Å²) in [7, 11) is 0. The van der Waals surface area contributed by atoms with E-state index >= 15 is 0 Å². The van der Waals surface area contributed by atoms with Crippen LogP contribution in [0.1, 0.15) is 5.56 Å². The zero-order valence-corrected chi connectivity index (χ0v) is 15.2. The summed E-state index contributed by atoms with van der Waals surface area (Å²) in [5, 5.41) is 3.60. The number of anilines is 1. The molecule has 0 radical (unpaired) electrons. The van der Waals surface area contributed by atoms with Crippen molar-refractivity contribution in [2.75, 3.05) is 5.32 Å². The van der Waals surface area contributed by atoms with E-state index in [0.29, 0.717) is 6.54 Å². The second kappa shape index (κ2) is 7.04. The zero-order valence-electron chi connectivity index (χ0n) is 15.2. The molecule has 2 aromatic heterocycles. The van der Waals surface area contributed by atoms with Crippen molar-refractivity contribution in [1.82, 2.24) is 19.1 Å². The maximum Gasteiger partial charge on any atom is 0.100 e. The Balaban J connectivity index is 1.49. The quantitative estimate of drug-likeness (QED) is 0.486. The summed E-state index contributed by atoms with van der Waals surface area (Å²) in [6.07, 6.45) is 7.46. The van der Waals surface area contributed by atoms with Crippen LogP contribution in [0.2, 0.25) is 0 Å². The maximum atomic E-state index is 4.53. The molecule has 0 unspecified atom stereocenters. The van der Waals surface area contributed by atoms with Crippen LogP contribution in [0.15, 0.2) is 97.8 Å². The lowest BCUT2D eigenvalue weighted by Gasteiger charge is -2.15. The van der Waals surface area contributed by atoms with Gasteiger partial charge in [0.25, 0.3) is 0 Å². The van der Waals surface area contributed by atoms with Crippen LogP contribution in [0.3, 0.4) is 0 Å². The molecule has 0 spiro atoms. The first-order valence-corrected chi connectivity index (χ1v) is 9.22. The van der Waals surface area contributed by atoms with Crippen LogP contribution in [-0.2, 0) is 6.54 Å². The van der Waals surface area contributed by atoms with E-state index < -0.39 is 0 Å². The molecule has 0 bridgehead atoms. The molecule has 0 aliphatic carbocycles. The molecule has 28 heavy (non-hydrogen) atoms. The summed E-state index contributed by atoms with van der Waals surface area (Å²) in [4.78, 5) is 8.69. The Kier molecular flexibility index (Phi) is 4.10. The Morgan fingerprint density at radius 2 is 1.57 bits per heavy atom. The number of aromatic nitrogens is 4. The van der Waals surface area contributed by atoms with Gasteiger partial charge in [0.1, 0.15) is 6.33 Å². The number of para-hydroxylation sites is 5. The first kappa shape index (κ1) is 16.3. The lowest BCUT2D eigenvalue weighted by molar-refractivity contribution is 1.00. The highest BCUT2D eigenvalue weighted by molar-refractivity contribution is 5.79. The number of fused-ring (bicyclic) bond motifs is 1. The fourth-order valence-electron chi connectivity index (χ4n) is 3.49. The average molecular weight is 365 g/mol. The van der Waals surface area contributed by atoms with E-state index in [1.807, 2.05) is 53.8 Å². The lowest BCUT2D eigenvalue weighted by atomic mass is 10.1. The van der Waals surface area contributed by atoms with Gasteiger partial charge < -0.3 is 9.88 Å². The van der Waals surface area contributed by atoms with Crippen molar-refractivity contribution >= 4 is 16.7 Å². The molecule has 3 aromatic carbocycles. The number of imidazole rings is 2. The number of nitrogens with one attached hydrogen (secondary N) is 1. The first-order valence-electron chi connectivity index (χ1n) is 9.22. The van der Waals surface area contributed by atoms with Gasteiger partial charge >= 0.3 is 0 Å². The van der Waals surface area contributed by atoms with Crippen molar-refractivity contribution < 1.29 is 0 Å². The molecule has 0 saturated heterocycles. The molecule has 0 fully saturated rings. The fourth-order valence-corrected chi connectivity index (χ4v) is 3.49. The van der Waals surface area contributed by atoms with Crippen molar-refractivity contribution in [1.29, 1.82) is 0 Å². The minimum atomic E-state index is 0.706. The highest BCUT2D eigenvalue weighted by Gasteiger charge is 2.09. The fraction of sp³-hybridized carbons (Fsp3) is 0.0435. The van der Waals surface area contributed by atoms with Gasteiger partial charge in [0.15, 0.2) is 0 Å². The molecule has 0 aliphatic heterocycles. The highest BCUT2D eigenvalue weighted by Crippen LogP contribution is 2.25. The SMILES string of the molecule is c1ccc(-n2ccnc2)c(CNc2ccccc2-n2cnc3ccccc32)c1. The Morgan fingerprint density at radius 1 is 0.786 bits per heavy atom. The van der Waals surface area contributed by atoms with Crippen LogP contribution in [0, 0.1) is 0 Å². The maximum absolute atomic E-state index is 4.53. The van der Waals surface area contributed by atoms with E-state index in [0.717, 1.165) is 28.1 Å². The lowest BCUT2D eigenvalue weighted by Crippen LogP contribution is -2.06. The monoisotopic (exact) mass is 365 g/mol. The van der Waals surface area contributed by atoms with Gasteiger partial charge in [-0.15, -0.1) is 0 Å². The predicted molar refractivity (Wildman–Crippen MR) is 112 cm³/mol. The molecule has 5 aromatic rings. The molecule has 1 N–H and O–H groups in total. The average Bonchev–Trinajstić information content (AvgIpc) is 3.43. The molecule has 0 saturated carbocycles. The van der Waals surface area contributed by atoms with E-state index in [1.165, 1.54) is 5.56 Å². The van der Waals surface area contributed by atoms with Gasteiger partial charge in [0.05, 0.1) is 34.4 Å². The first-order chi connectivity index (χ1) is 13.9. The molecule has 0 amide bonds. The Morgan fingerprint density at radius 3 is 2.46 bits per heavy atom. The number of benzene rings is 3. The van der Waals surface area contributed by atoms with E-state index in [2.05, 4.69) is 62.3 Å².